The first-order chi connectivity index (χ1) is 9.54. The quantitative estimate of drug-likeness (QED) is 0.814. The monoisotopic (exact) mass is 274 g/mol. The number of H-pyrrole nitrogens is 2. The summed E-state index contributed by atoms with van der Waals surface area (Å²) in [4.78, 5) is 22.2. The van der Waals surface area contributed by atoms with E-state index in [-0.39, 0.29) is 6.10 Å². The Kier molecular flexibility index (Phi) is 4.40. The van der Waals surface area contributed by atoms with E-state index in [9.17, 15) is 9.59 Å². The molecule has 0 saturated heterocycles. The zero-order valence-electron chi connectivity index (χ0n) is 11.6. The lowest BCUT2D eigenvalue weighted by molar-refractivity contribution is 0.242. The lowest BCUT2D eigenvalue weighted by Gasteiger charge is -2.10. The Morgan fingerprint density at radius 2 is 1.90 bits per heavy atom. The number of hydrogen-bond donors (Lipinski definition) is 2. The van der Waals surface area contributed by atoms with E-state index in [1.807, 2.05) is 38.1 Å². The summed E-state index contributed by atoms with van der Waals surface area (Å²) in [7, 11) is 0. The molecule has 0 atom stereocenters. The van der Waals surface area contributed by atoms with Crippen molar-refractivity contribution in [2.75, 3.05) is 0 Å². The summed E-state index contributed by atoms with van der Waals surface area (Å²) in [6.45, 7) is 3.97. The van der Waals surface area contributed by atoms with Gasteiger partial charge in [-0.25, -0.2) is 0 Å². The SMILES string of the molecule is CC(C)Oc1cccc(CCc2cc(=O)c(=O)[nH][nH]2)c1. The summed E-state index contributed by atoms with van der Waals surface area (Å²) in [6.07, 6.45) is 1.55. The van der Waals surface area contributed by atoms with Gasteiger partial charge in [0, 0.05) is 11.8 Å². The molecule has 0 radical (unpaired) electrons. The van der Waals surface area contributed by atoms with Crippen LogP contribution < -0.4 is 15.7 Å². The van der Waals surface area contributed by atoms with Crippen molar-refractivity contribution < 1.29 is 4.74 Å². The van der Waals surface area contributed by atoms with Gasteiger partial charge in [0.1, 0.15) is 5.75 Å². The van der Waals surface area contributed by atoms with Crippen molar-refractivity contribution in [1.29, 1.82) is 0 Å². The largest absolute Gasteiger partial charge is 0.491 e. The maximum atomic E-state index is 11.2. The lowest BCUT2D eigenvalue weighted by atomic mass is 10.1. The first kappa shape index (κ1) is 14.1. The van der Waals surface area contributed by atoms with E-state index in [1.54, 1.807) is 0 Å². The zero-order valence-corrected chi connectivity index (χ0v) is 11.6. The Balaban J connectivity index is 2.05. The molecular formula is C15H18N2O3. The van der Waals surface area contributed by atoms with Crippen LogP contribution in [0.3, 0.4) is 0 Å². The second kappa shape index (κ2) is 6.23. The molecule has 0 saturated carbocycles. The van der Waals surface area contributed by atoms with Gasteiger partial charge in [0.05, 0.1) is 6.10 Å². The van der Waals surface area contributed by atoms with Crippen LogP contribution in [-0.2, 0) is 12.8 Å². The van der Waals surface area contributed by atoms with E-state index in [0.29, 0.717) is 12.1 Å². The molecule has 0 unspecified atom stereocenters. The summed E-state index contributed by atoms with van der Waals surface area (Å²) in [5.41, 5.74) is 0.691. The first-order valence-corrected chi connectivity index (χ1v) is 6.61. The van der Waals surface area contributed by atoms with Gasteiger partial charge in [0.25, 0.3) is 0 Å². The van der Waals surface area contributed by atoms with Crippen molar-refractivity contribution >= 4 is 0 Å². The average molecular weight is 274 g/mol. The molecule has 1 aromatic carbocycles. The lowest BCUT2D eigenvalue weighted by Crippen LogP contribution is -2.27. The summed E-state index contributed by atoms with van der Waals surface area (Å²) in [5.74, 6) is 0.840. The number of rotatable bonds is 5. The number of benzene rings is 1. The third-order valence-electron chi connectivity index (χ3n) is 2.82. The Morgan fingerprint density at radius 1 is 1.10 bits per heavy atom. The molecule has 1 heterocycles. The van der Waals surface area contributed by atoms with Gasteiger partial charge in [0.2, 0.25) is 5.43 Å². The number of ether oxygens (including phenoxy) is 1. The third kappa shape index (κ3) is 3.85. The summed E-state index contributed by atoms with van der Waals surface area (Å²) in [5, 5.41) is 5.05. The maximum Gasteiger partial charge on any atom is 0.310 e. The summed E-state index contributed by atoms with van der Waals surface area (Å²) >= 11 is 0. The van der Waals surface area contributed by atoms with E-state index < -0.39 is 11.0 Å². The first-order valence-electron chi connectivity index (χ1n) is 6.61. The molecule has 0 bridgehead atoms. The van der Waals surface area contributed by atoms with Crippen molar-refractivity contribution in [3.8, 4) is 5.75 Å². The Hall–Kier alpha value is -2.30. The Labute approximate surface area is 116 Å². The summed E-state index contributed by atoms with van der Waals surface area (Å²) < 4.78 is 5.64. The van der Waals surface area contributed by atoms with E-state index in [2.05, 4.69) is 10.2 Å². The van der Waals surface area contributed by atoms with Gasteiger partial charge in [-0.2, -0.15) is 0 Å². The van der Waals surface area contributed by atoms with E-state index >= 15 is 0 Å². The number of aromatic amines is 2. The molecule has 5 heteroatoms. The summed E-state index contributed by atoms with van der Waals surface area (Å²) in [6, 6.07) is 9.21. The van der Waals surface area contributed by atoms with Gasteiger partial charge >= 0.3 is 5.56 Å². The highest BCUT2D eigenvalue weighted by Crippen LogP contribution is 2.16. The Morgan fingerprint density at radius 3 is 2.60 bits per heavy atom. The smallest absolute Gasteiger partial charge is 0.310 e. The molecule has 106 valence electrons. The standard InChI is InChI=1S/C15H18N2O3/c1-10(2)20-13-5-3-4-11(8-13)6-7-12-9-14(18)15(19)17-16-12/h3-5,8-10H,6-7H2,1-2H3,(H,16,18)(H,17,19). The molecular weight excluding hydrogens is 256 g/mol. The molecule has 0 fully saturated rings. The molecule has 2 rings (SSSR count). The van der Waals surface area contributed by atoms with Crippen LogP contribution in [0.2, 0.25) is 0 Å². The number of aryl methyl sites for hydroxylation is 2. The van der Waals surface area contributed by atoms with E-state index in [4.69, 9.17) is 4.74 Å². The minimum absolute atomic E-state index is 0.140. The normalized spacial score (nSPS) is 10.8. The molecule has 5 nitrogen and oxygen atoms in total. The van der Waals surface area contributed by atoms with E-state index in [1.165, 1.54) is 6.07 Å². The van der Waals surface area contributed by atoms with Crippen LogP contribution >= 0.6 is 0 Å². The van der Waals surface area contributed by atoms with Gasteiger partial charge in [0.15, 0.2) is 0 Å². The Bertz CT molecular complexity index is 686. The second-order valence-electron chi connectivity index (χ2n) is 4.93. The van der Waals surface area contributed by atoms with Crippen LogP contribution in [0.1, 0.15) is 25.1 Å². The number of aromatic nitrogens is 2. The van der Waals surface area contributed by atoms with Crippen LogP contribution in [0.25, 0.3) is 0 Å². The molecule has 2 aromatic rings. The topological polar surface area (TPSA) is 75.0 Å². The highest BCUT2D eigenvalue weighted by molar-refractivity contribution is 5.29. The third-order valence-corrected chi connectivity index (χ3v) is 2.82. The van der Waals surface area contributed by atoms with E-state index in [0.717, 1.165) is 17.7 Å². The van der Waals surface area contributed by atoms with Crippen LogP contribution in [-0.4, -0.2) is 16.3 Å². The van der Waals surface area contributed by atoms with Gasteiger partial charge in [-0.15, -0.1) is 0 Å². The molecule has 2 N–H and O–H groups in total. The zero-order chi connectivity index (χ0) is 14.5. The minimum atomic E-state index is -0.624. The van der Waals surface area contributed by atoms with Crippen LogP contribution in [0, 0.1) is 0 Å². The molecule has 0 aliphatic carbocycles. The molecule has 1 aromatic heterocycles. The molecule has 0 aliphatic heterocycles. The van der Waals surface area contributed by atoms with Crippen LogP contribution in [0.5, 0.6) is 5.75 Å². The predicted octanol–water partition coefficient (Wildman–Crippen LogP) is 1.64. The van der Waals surface area contributed by atoms with Gasteiger partial charge < -0.3 is 9.84 Å². The van der Waals surface area contributed by atoms with Gasteiger partial charge in [-0.1, -0.05) is 12.1 Å². The van der Waals surface area contributed by atoms with Gasteiger partial charge in [-0.05, 0) is 44.4 Å². The number of nitrogens with one attached hydrogen (secondary N) is 2. The van der Waals surface area contributed by atoms with Crippen molar-refractivity contribution in [1.82, 2.24) is 10.2 Å². The fraction of sp³-hybridized carbons (Fsp3) is 0.333. The van der Waals surface area contributed by atoms with Gasteiger partial charge in [-0.3, -0.25) is 14.7 Å². The highest BCUT2D eigenvalue weighted by Gasteiger charge is 2.02. The van der Waals surface area contributed by atoms with Crippen molar-refractivity contribution in [3.05, 3.63) is 62.2 Å². The molecule has 20 heavy (non-hydrogen) atoms. The fourth-order valence-electron chi connectivity index (χ4n) is 1.92. The van der Waals surface area contributed by atoms with Crippen molar-refractivity contribution in [3.63, 3.8) is 0 Å². The average Bonchev–Trinajstić information content (AvgIpc) is 2.40. The second-order valence-corrected chi connectivity index (χ2v) is 4.93. The molecule has 0 amide bonds. The maximum absolute atomic E-state index is 11.2. The fourth-order valence-corrected chi connectivity index (χ4v) is 1.92. The number of hydrogen-bond acceptors (Lipinski definition) is 3. The van der Waals surface area contributed by atoms with Crippen molar-refractivity contribution in [2.24, 2.45) is 0 Å². The minimum Gasteiger partial charge on any atom is -0.491 e. The predicted molar refractivity (Wildman–Crippen MR) is 77.3 cm³/mol. The van der Waals surface area contributed by atoms with Crippen LogP contribution in [0.15, 0.2) is 39.9 Å². The highest BCUT2D eigenvalue weighted by atomic mass is 16.5. The molecule has 0 spiro atoms. The molecule has 0 aliphatic rings. The van der Waals surface area contributed by atoms with Crippen LogP contribution in [0.4, 0.5) is 0 Å². The van der Waals surface area contributed by atoms with Crippen molar-refractivity contribution in [2.45, 2.75) is 32.8 Å².